The van der Waals surface area contributed by atoms with Gasteiger partial charge < -0.3 is 24.6 Å². The van der Waals surface area contributed by atoms with Gasteiger partial charge in [-0.3, -0.25) is 0 Å². The van der Waals surface area contributed by atoms with E-state index in [0.717, 1.165) is 63.1 Å². The van der Waals surface area contributed by atoms with Crippen LogP contribution in [0.15, 0.2) is 23.3 Å². The van der Waals surface area contributed by atoms with Crippen LogP contribution in [-0.2, 0) is 16.0 Å². The lowest BCUT2D eigenvalue weighted by Crippen LogP contribution is -2.40. The number of guanidine groups is 1. The van der Waals surface area contributed by atoms with Gasteiger partial charge in [0.2, 0.25) is 0 Å². The minimum absolute atomic E-state index is 0. The van der Waals surface area contributed by atoms with Gasteiger partial charge in [0.15, 0.2) is 5.96 Å². The van der Waals surface area contributed by atoms with Crippen LogP contribution in [-0.4, -0.2) is 75.5 Å². The Balaban J connectivity index is 0.00000420. The summed E-state index contributed by atoms with van der Waals surface area (Å²) in [6.45, 7) is 14.0. The second-order valence-corrected chi connectivity index (χ2v) is 7.04. The van der Waals surface area contributed by atoms with Gasteiger partial charge in [0.25, 0.3) is 0 Å². The highest BCUT2D eigenvalue weighted by Crippen LogP contribution is 2.17. The average molecular weight is 519 g/mol. The molecule has 1 aliphatic heterocycles. The van der Waals surface area contributed by atoms with Crippen molar-refractivity contribution >= 4 is 35.8 Å². The maximum Gasteiger partial charge on any atom is 0.194 e. The molecular formula is C21H38IN5O2. The molecule has 8 heteroatoms. The summed E-state index contributed by atoms with van der Waals surface area (Å²) >= 11 is 0. The molecule has 0 bridgehead atoms. The fraction of sp³-hybridized carbons (Fsp3) is 0.714. The predicted molar refractivity (Wildman–Crippen MR) is 130 cm³/mol. The topological polar surface area (TPSA) is 62.2 Å². The van der Waals surface area contributed by atoms with E-state index in [9.17, 15) is 0 Å². The molecular weight excluding hydrogens is 481 g/mol. The Morgan fingerprint density at radius 3 is 2.69 bits per heavy atom. The second-order valence-electron chi connectivity index (χ2n) is 7.04. The van der Waals surface area contributed by atoms with Gasteiger partial charge in [0.05, 0.1) is 26.4 Å². The Morgan fingerprint density at radius 1 is 1.28 bits per heavy atom. The summed E-state index contributed by atoms with van der Waals surface area (Å²) in [4.78, 5) is 14.0. The number of methoxy groups -OCH3 is 1. The number of nitrogens with one attached hydrogen (secondary N) is 1. The molecule has 2 heterocycles. The van der Waals surface area contributed by atoms with Crippen molar-refractivity contribution in [1.82, 2.24) is 15.2 Å². The van der Waals surface area contributed by atoms with E-state index in [2.05, 4.69) is 53.0 Å². The Kier molecular flexibility index (Phi) is 13.2. The summed E-state index contributed by atoms with van der Waals surface area (Å²) in [6.07, 6.45) is 3.08. The standard InChI is InChI=1S/C21H37N5O2.HI/c1-5-22-21(26-11-10-19(16-26)17-28-13-12-27-4)24-15-18-8-9-20(23-14-18)25(6-2)7-3;/h8-9,14,19H,5-7,10-13,15-17H2,1-4H3,(H,22,24);1H. The molecule has 166 valence electrons. The van der Waals surface area contributed by atoms with Gasteiger partial charge in [0.1, 0.15) is 5.82 Å². The average Bonchev–Trinajstić information content (AvgIpc) is 3.19. The molecule has 0 radical (unpaired) electrons. The van der Waals surface area contributed by atoms with Crippen LogP contribution in [0.2, 0.25) is 0 Å². The number of hydrogen-bond donors (Lipinski definition) is 1. The minimum Gasteiger partial charge on any atom is -0.382 e. The zero-order valence-corrected chi connectivity index (χ0v) is 20.7. The molecule has 0 aliphatic carbocycles. The Bertz CT molecular complexity index is 581. The van der Waals surface area contributed by atoms with Gasteiger partial charge in [-0.25, -0.2) is 9.98 Å². The Morgan fingerprint density at radius 2 is 2.07 bits per heavy atom. The van der Waals surface area contributed by atoms with Crippen molar-refractivity contribution in [1.29, 1.82) is 0 Å². The van der Waals surface area contributed by atoms with E-state index in [-0.39, 0.29) is 24.0 Å². The molecule has 1 aliphatic rings. The van der Waals surface area contributed by atoms with Gasteiger partial charge in [-0.2, -0.15) is 0 Å². The Hall–Kier alpha value is -1.13. The number of likely N-dealkylation sites (tertiary alicyclic amines) is 1. The van der Waals surface area contributed by atoms with Crippen LogP contribution >= 0.6 is 24.0 Å². The highest BCUT2D eigenvalue weighted by Gasteiger charge is 2.24. The zero-order chi connectivity index (χ0) is 20.2. The van der Waals surface area contributed by atoms with Crippen molar-refractivity contribution in [2.24, 2.45) is 10.9 Å². The summed E-state index contributed by atoms with van der Waals surface area (Å²) < 4.78 is 10.7. The van der Waals surface area contributed by atoms with Gasteiger partial charge in [0, 0.05) is 51.9 Å². The van der Waals surface area contributed by atoms with Crippen molar-refractivity contribution in [3.8, 4) is 0 Å². The monoisotopic (exact) mass is 519 g/mol. The molecule has 1 saturated heterocycles. The van der Waals surface area contributed by atoms with Crippen LogP contribution in [0.3, 0.4) is 0 Å². The first-order chi connectivity index (χ1) is 13.7. The van der Waals surface area contributed by atoms with E-state index < -0.39 is 0 Å². The normalized spacial score (nSPS) is 16.6. The number of ether oxygens (including phenoxy) is 2. The first kappa shape index (κ1) is 25.9. The lowest BCUT2D eigenvalue weighted by Gasteiger charge is -2.22. The van der Waals surface area contributed by atoms with Crippen molar-refractivity contribution in [2.75, 3.05) is 64.6 Å². The molecule has 0 saturated carbocycles. The number of nitrogens with zero attached hydrogens (tertiary/aromatic N) is 4. The van der Waals surface area contributed by atoms with Crippen LogP contribution in [0.4, 0.5) is 5.82 Å². The highest BCUT2D eigenvalue weighted by atomic mass is 127. The molecule has 1 aromatic heterocycles. The third-order valence-electron chi connectivity index (χ3n) is 5.01. The zero-order valence-electron chi connectivity index (χ0n) is 18.4. The smallest absolute Gasteiger partial charge is 0.194 e. The van der Waals surface area contributed by atoms with Crippen LogP contribution in [0.1, 0.15) is 32.8 Å². The van der Waals surface area contributed by atoms with Crippen LogP contribution in [0.5, 0.6) is 0 Å². The first-order valence-corrected chi connectivity index (χ1v) is 10.5. The van der Waals surface area contributed by atoms with Gasteiger partial charge in [-0.15, -0.1) is 24.0 Å². The Labute approximate surface area is 193 Å². The maximum absolute atomic E-state index is 5.70. The maximum atomic E-state index is 5.70. The van der Waals surface area contributed by atoms with Gasteiger partial charge >= 0.3 is 0 Å². The fourth-order valence-corrected chi connectivity index (χ4v) is 3.39. The van der Waals surface area contributed by atoms with E-state index in [4.69, 9.17) is 14.5 Å². The number of halogens is 1. The molecule has 1 N–H and O–H groups in total. The summed E-state index contributed by atoms with van der Waals surface area (Å²) in [5.41, 5.74) is 1.13. The number of anilines is 1. The van der Waals surface area contributed by atoms with E-state index in [1.165, 1.54) is 0 Å². The van der Waals surface area contributed by atoms with Crippen LogP contribution in [0.25, 0.3) is 0 Å². The lowest BCUT2D eigenvalue weighted by atomic mass is 10.1. The molecule has 1 unspecified atom stereocenters. The predicted octanol–water partition coefficient (Wildman–Crippen LogP) is 3.00. The molecule has 0 amide bonds. The first-order valence-electron chi connectivity index (χ1n) is 10.5. The van der Waals surface area contributed by atoms with Crippen molar-refractivity contribution < 1.29 is 9.47 Å². The third kappa shape index (κ3) is 8.64. The number of rotatable bonds is 11. The summed E-state index contributed by atoms with van der Waals surface area (Å²) in [7, 11) is 1.70. The molecule has 2 rings (SSSR count). The second kappa shape index (κ2) is 14.8. The van der Waals surface area contributed by atoms with Crippen molar-refractivity contribution in [3.05, 3.63) is 23.9 Å². The number of pyridine rings is 1. The quantitative estimate of drug-likeness (QED) is 0.210. The highest BCUT2D eigenvalue weighted by molar-refractivity contribution is 14.0. The SMILES string of the molecule is CCNC(=NCc1ccc(N(CC)CC)nc1)N1CCC(COCCOC)C1.I. The van der Waals surface area contributed by atoms with Crippen molar-refractivity contribution in [2.45, 2.75) is 33.7 Å². The summed E-state index contributed by atoms with van der Waals surface area (Å²) in [5, 5.41) is 3.43. The largest absolute Gasteiger partial charge is 0.382 e. The summed E-state index contributed by atoms with van der Waals surface area (Å²) in [5.74, 6) is 2.56. The molecule has 1 atom stereocenters. The molecule has 1 aromatic rings. The molecule has 0 aromatic carbocycles. The van der Waals surface area contributed by atoms with Gasteiger partial charge in [-0.05, 0) is 38.8 Å². The van der Waals surface area contributed by atoms with Crippen LogP contribution < -0.4 is 10.2 Å². The van der Waals surface area contributed by atoms with E-state index in [1.807, 2.05) is 6.20 Å². The molecule has 0 spiro atoms. The van der Waals surface area contributed by atoms with E-state index in [0.29, 0.717) is 25.7 Å². The van der Waals surface area contributed by atoms with Gasteiger partial charge in [-0.1, -0.05) is 6.07 Å². The van der Waals surface area contributed by atoms with Crippen molar-refractivity contribution in [3.63, 3.8) is 0 Å². The fourth-order valence-electron chi connectivity index (χ4n) is 3.39. The molecule has 1 fully saturated rings. The van der Waals surface area contributed by atoms with Crippen LogP contribution in [0, 0.1) is 5.92 Å². The molecule has 29 heavy (non-hydrogen) atoms. The lowest BCUT2D eigenvalue weighted by molar-refractivity contribution is 0.0536. The minimum atomic E-state index is 0. The van der Waals surface area contributed by atoms with E-state index >= 15 is 0 Å². The number of aromatic nitrogens is 1. The number of hydrogen-bond acceptors (Lipinski definition) is 5. The number of aliphatic imine (C=N–C) groups is 1. The third-order valence-corrected chi connectivity index (χ3v) is 5.01. The summed E-state index contributed by atoms with van der Waals surface area (Å²) in [6, 6.07) is 4.22. The molecule has 7 nitrogen and oxygen atoms in total. The van der Waals surface area contributed by atoms with E-state index in [1.54, 1.807) is 7.11 Å².